The number of rotatable bonds is 3. The van der Waals surface area contributed by atoms with Crippen molar-refractivity contribution in [1.82, 2.24) is 0 Å². The van der Waals surface area contributed by atoms with Crippen LogP contribution in [0.4, 0.5) is 0 Å². The van der Waals surface area contributed by atoms with Gasteiger partial charge < -0.3 is 5.11 Å². The van der Waals surface area contributed by atoms with E-state index < -0.39 is 0 Å². The standard InChI is InChI=1S/C20H22O/c1-2-13-7-9-15(10-8-13)20(21)19-17-12-11-14-5-3-4-6-16(14)18(17)19/h3-10,17-21H,2,11-12H2,1H3. The first-order chi connectivity index (χ1) is 10.3. The minimum absolute atomic E-state index is 0.308. The Morgan fingerprint density at radius 1 is 1.10 bits per heavy atom. The molecule has 1 saturated carbocycles. The van der Waals surface area contributed by atoms with Gasteiger partial charge in [0.05, 0.1) is 6.10 Å². The average Bonchev–Trinajstić information content (AvgIpc) is 3.29. The molecule has 0 amide bonds. The van der Waals surface area contributed by atoms with Gasteiger partial charge in [0.15, 0.2) is 0 Å². The second kappa shape index (κ2) is 4.99. The highest BCUT2D eigenvalue weighted by molar-refractivity contribution is 5.41. The van der Waals surface area contributed by atoms with Crippen LogP contribution in [0, 0.1) is 11.8 Å². The lowest BCUT2D eigenvalue weighted by Crippen LogP contribution is -2.02. The predicted molar refractivity (Wildman–Crippen MR) is 85.3 cm³/mol. The maximum absolute atomic E-state index is 10.8. The van der Waals surface area contributed by atoms with Gasteiger partial charge in [-0.15, -0.1) is 0 Å². The first-order valence-electron chi connectivity index (χ1n) is 8.14. The fraction of sp³-hybridized carbons (Fsp3) is 0.400. The summed E-state index contributed by atoms with van der Waals surface area (Å²) in [4.78, 5) is 0. The molecule has 2 aromatic carbocycles. The monoisotopic (exact) mass is 278 g/mol. The molecule has 1 heteroatoms. The molecule has 0 heterocycles. The zero-order chi connectivity index (χ0) is 14.4. The van der Waals surface area contributed by atoms with Crippen LogP contribution >= 0.6 is 0 Å². The van der Waals surface area contributed by atoms with Gasteiger partial charge >= 0.3 is 0 Å². The SMILES string of the molecule is CCc1ccc(C(O)C2C3CCc4ccccc4C32)cc1. The van der Waals surface area contributed by atoms with Gasteiger partial charge in [-0.05, 0) is 59.3 Å². The predicted octanol–water partition coefficient (Wildman–Crippen LogP) is 4.26. The molecule has 4 rings (SSSR count). The summed E-state index contributed by atoms with van der Waals surface area (Å²) in [5, 5.41) is 10.8. The third kappa shape index (κ3) is 2.11. The van der Waals surface area contributed by atoms with E-state index in [4.69, 9.17) is 0 Å². The summed E-state index contributed by atoms with van der Waals surface area (Å²) >= 11 is 0. The zero-order valence-corrected chi connectivity index (χ0v) is 12.5. The molecular weight excluding hydrogens is 256 g/mol. The Bertz CT molecular complexity index is 643. The largest absolute Gasteiger partial charge is 0.388 e. The van der Waals surface area contributed by atoms with Crippen LogP contribution in [0.2, 0.25) is 0 Å². The molecule has 4 unspecified atom stereocenters. The van der Waals surface area contributed by atoms with E-state index in [-0.39, 0.29) is 6.10 Å². The number of hydrogen-bond donors (Lipinski definition) is 1. The second-order valence-corrected chi connectivity index (χ2v) is 6.54. The third-order valence-corrected chi connectivity index (χ3v) is 5.48. The molecule has 4 atom stereocenters. The van der Waals surface area contributed by atoms with E-state index in [1.54, 1.807) is 0 Å². The number of aryl methyl sites for hydroxylation is 2. The molecule has 1 nitrogen and oxygen atoms in total. The third-order valence-electron chi connectivity index (χ3n) is 5.48. The van der Waals surface area contributed by atoms with Crippen LogP contribution in [0.15, 0.2) is 48.5 Å². The van der Waals surface area contributed by atoms with Crippen LogP contribution in [0.3, 0.4) is 0 Å². The summed E-state index contributed by atoms with van der Waals surface area (Å²) in [6.07, 6.45) is 3.15. The summed E-state index contributed by atoms with van der Waals surface area (Å²) < 4.78 is 0. The van der Waals surface area contributed by atoms with Crippen molar-refractivity contribution in [3.8, 4) is 0 Å². The molecule has 108 valence electrons. The fourth-order valence-corrected chi connectivity index (χ4v) is 4.22. The smallest absolute Gasteiger partial charge is 0.0827 e. The van der Waals surface area contributed by atoms with Crippen LogP contribution in [-0.2, 0) is 12.8 Å². The number of benzene rings is 2. The quantitative estimate of drug-likeness (QED) is 0.889. The molecule has 1 fully saturated rings. The highest BCUT2D eigenvalue weighted by atomic mass is 16.3. The molecule has 0 aromatic heterocycles. The number of hydrogen-bond acceptors (Lipinski definition) is 1. The lowest BCUT2D eigenvalue weighted by Gasteiger charge is -2.13. The van der Waals surface area contributed by atoms with Gasteiger partial charge in [-0.2, -0.15) is 0 Å². The first kappa shape index (κ1) is 13.1. The highest BCUT2D eigenvalue weighted by Gasteiger charge is 2.56. The summed E-state index contributed by atoms with van der Waals surface area (Å²) in [6, 6.07) is 17.3. The van der Waals surface area contributed by atoms with Crippen molar-refractivity contribution in [3.05, 3.63) is 70.8 Å². The minimum Gasteiger partial charge on any atom is -0.388 e. The summed E-state index contributed by atoms with van der Waals surface area (Å²) in [5.41, 5.74) is 5.41. The van der Waals surface area contributed by atoms with E-state index in [1.807, 2.05) is 0 Å². The topological polar surface area (TPSA) is 20.2 Å². The van der Waals surface area contributed by atoms with Crippen LogP contribution in [-0.4, -0.2) is 5.11 Å². The van der Waals surface area contributed by atoms with Crippen molar-refractivity contribution in [2.75, 3.05) is 0 Å². The van der Waals surface area contributed by atoms with Gasteiger partial charge in [-0.25, -0.2) is 0 Å². The van der Waals surface area contributed by atoms with Crippen molar-refractivity contribution >= 4 is 0 Å². The first-order valence-corrected chi connectivity index (χ1v) is 8.14. The molecule has 2 aliphatic rings. The van der Waals surface area contributed by atoms with Crippen molar-refractivity contribution in [1.29, 1.82) is 0 Å². The van der Waals surface area contributed by atoms with Crippen LogP contribution in [0.25, 0.3) is 0 Å². The van der Waals surface area contributed by atoms with E-state index in [0.717, 1.165) is 12.0 Å². The molecule has 0 bridgehead atoms. The van der Waals surface area contributed by atoms with Crippen LogP contribution < -0.4 is 0 Å². The van der Waals surface area contributed by atoms with Crippen LogP contribution in [0.1, 0.15) is 47.6 Å². The molecule has 21 heavy (non-hydrogen) atoms. The maximum atomic E-state index is 10.8. The van der Waals surface area contributed by atoms with E-state index in [0.29, 0.717) is 17.8 Å². The van der Waals surface area contributed by atoms with Gasteiger partial charge in [0.2, 0.25) is 0 Å². The van der Waals surface area contributed by atoms with Crippen molar-refractivity contribution in [2.45, 2.75) is 38.2 Å². The Hall–Kier alpha value is -1.60. The van der Waals surface area contributed by atoms with E-state index in [2.05, 4.69) is 55.5 Å². The Morgan fingerprint density at radius 2 is 1.86 bits per heavy atom. The minimum atomic E-state index is -0.308. The lowest BCUT2D eigenvalue weighted by molar-refractivity contribution is 0.145. The zero-order valence-electron chi connectivity index (χ0n) is 12.5. The summed E-state index contributed by atoms with van der Waals surface area (Å²) in [5.74, 6) is 1.68. The van der Waals surface area contributed by atoms with Crippen LogP contribution in [0.5, 0.6) is 0 Å². The average molecular weight is 278 g/mol. The molecule has 2 aromatic rings. The van der Waals surface area contributed by atoms with Gasteiger partial charge in [0.1, 0.15) is 0 Å². The molecule has 2 aliphatic carbocycles. The van der Waals surface area contributed by atoms with Gasteiger partial charge in [0.25, 0.3) is 0 Å². The summed E-state index contributed by atoms with van der Waals surface area (Å²) in [7, 11) is 0. The Kier molecular flexibility index (Phi) is 3.11. The highest BCUT2D eigenvalue weighted by Crippen LogP contribution is 2.64. The fourth-order valence-electron chi connectivity index (χ4n) is 4.22. The molecule has 0 aliphatic heterocycles. The maximum Gasteiger partial charge on any atom is 0.0827 e. The molecule has 0 saturated heterocycles. The van der Waals surface area contributed by atoms with Crippen molar-refractivity contribution in [2.24, 2.45) is 11.8 Å². The number of aliphatic hydroxyl groups is 1. The van der Waals surface area contributed by atoms with E-state index in [1.165, 1.54) is 29.5 Å². The number of aliphatic hydroxyl groups excluding tert-OH is 1. The van der Waals surface area contributed by atoms with Gasteiger partial charge in [0, 0.05) is 0 Å². The van der Waals surface area contributed by atoms with Gasteiger partial charge in [-0.3, -0.25) is 0 Å². The Balaban J connectivity index is 1.58. The summed E-state index contributed by atoms with van der Waals surface area (Å²) in [6.45, 7) is 2.16. The van der Waals surface area contributed by atoms with Gasteiger partial charge in [-0.1, -0.05) is 55.5 Å². The normalized spacial score (nSPS) is 27.6. The van der Waals surface area contributed by atoms with Crippen molar-refractivity contribution < 1.29 is 5.11 Å². The van der Waals surface area contributed by atoms with Crippen molar-refractivity contribution in [3.63, 3.8) is 0 Å². The van der Waals surface area contributed by atoms with E-state index >= 15 is 0 Å². The number of fused-ring (bicyclic) bond motifs is 3. The van der Waals surface area contributed by atoms with E-state index in [9.17, 15) is 5.11 Å². The molecule has 0 radical (unpaired) electrons. The lowest BCUT2D eigenvalue weighted by atomic mass is 9.92. The second-order valence-electron chi connectivity index (χ2n) is 6.54. The Morgan fingerprint density at radius 3 is 2.62 bits per heavy atom. The molecule has 0 spiro atoms. The molecule has 1 N–H and O–H groups in total. The Labute approximate surface area is 126 Å². The molecular formula is C20H22O.